The maximum atomic E-state index is 11.2. The van der Waals surface area contributed by atoms with E-state index in [2.05, 4.69) is 19.8 Å². The van der Waals surface area contributed by atoms with Crippen LogP contribution >= 0.6 is 0 Å². The van der Waals surface area contributed by atoms with E-state index >= 15 is 0 Å². The topological polar surface area (TPSA) is 95.9 Å². The van der Waals surface area contributed by atoms with Crippen molar-refractivity contribution in [1.29, 1.82) is 0 Å². The molecule has 0 unspecified atom stereocenters. The lowest BCUT2D eigenvalue weighted by atomic mass is 10.1. The summed E-state index contributed by atoms with van der Waals surface area (Å²) >= 11 is 0. The van der Waals surface area contributed by atoms with E-state index in [0.29, 0.717) is 5.82 Å². The monoisotopic (exact) mass is 247 g/mol. The lowest BCUT2D eigenvalue weighted by Crippen LogP contribution is -2.08. The van der Waals surface area contributed by atoms with Gasteiger partial charge in [-0.15, -0.1) is 5.10 Å². The summed E-state index contributed by atoms with van der Waals surface area (Å²) in [5.41, 5.74) is 6.71. The molecule has 0 aromatic carbocycles. The van der Waals surface area contributed by atoms with Gasteiger partial charge in [-0.2, -0.15) is 0 Å². The number of aromatic nitrogens is 4. The maximum absolute atomic E-state index is 11.2. The summed E-state index contributed by atoms with van der Waals surface area (Å²) in [6.45, 7) is 1.88. The van der Waals surface area contributed by atoms with E-state index in [1.54, 1.807) is 12.3 Å². The van der Waals surface area contributed by atoms with Crippen molar-refractivity contribution in [2.24, 2.45) is 5.73 Å². The molecule has 2 aromatic heterocycles. The van der Waals surface area contributed by atoms with Crippen LogP contribution in [0.3, 0.4) is 0 Å². The molecule has 0 aliphatic heterocycles. The third kappa shape index (κ3) is 2.35. The minimum atomic E-state index is -0.586. The van der Waals surface area contributed by atoms with Gasteiger partial charge in [0.15, 0.2) is 5.82 Å². The minimum absolute atomic E-state index is 0.00880. The molecule has 2 rings (SSSR count). The van der Waals surface area contributed by atoms with Crippen molar-refractivity contribution >= 4 is 5.97 Å². The molecule has 0 spiro atoms. The summed E-state index contributed by atoms with van der Waals surface area (Å²) in [4.78, 5) is 19.2. The fourth-order valence-corrected chi connectivity index (χ4v) is 1.40. The largest absolute Gasteiger partial charge is 0.463 e. The Labute approximate surface area is 104 Å². The SMILES string of the molecule is COC(=O)c1ncn(-c2cc([C@H](C)N)ccn2)n1. The van der Waals surface area contributed by atoms with Crippen LogP contribution in [-0.2, 0) is 4.74 Å². The number of hydrogen-bond acceptors (Lipinski definition) is 6. The number of nitrogens with zero attached hydrogens (tertiary/aromatic N) is 4. The van der Waals surface area contributed by atoms with Crippen molar-refractivity contribution in [3.05, 3.63) is 36.0 Å². The Morgan fingerprint density at radius 1 is 1.50 bits per heavy atom. The van der Waals surface area contributed by atoms with Gasteiger partial charge in [0, 0.05) is 12.2 Å². The van der Waals surface area contributed by atoms with Gasteiger partial charge >= 0.3 is 5.97 Å². The average Bonchev–Trinajstić information content (AvgIpc) is 2.87. The molecular formula is C11H13N5O2. The summed E-state index contributed by atoms with van der Waals surface area (Å²) in [6.07, 6.45) is 3.03. The van der Waals surface area contributed by atoms with E-state index in [4.69, 9.17) is 5.73 Å². The number of pyridine rings is 1. The van der Waals surface area contributed by atoms with E-state index in [0.717, 1.165) is 5.56 Å². The van der Waals surface area contributed by atoms with E-state index in [1.165, 1.54) is 18.1 Å². The zero-order valence-electron chi connectivity index (χ0n) is 10.1. The zero-order valence-corrected chi connectivity index (χ0v) is 10.1. The molecule has 0 aliphatic rings. The number of hydrogen-bond donors (Lipinski definition) is 1. The number of rotatable bonds is 3. The van der Waals surface area contributed by atoms with Gasteiger partial charge in [-0.1, -0.05) is 0 Å². The van der Waals surface area contributed by atoms with E-state index in [-0.39, 0.29) is 11.9 Å². The second-order valence-corrected chi connectivity index (χ2v) is 3.74. The number of esters is 1. The molecule has 7 nitrogen and oxygen atoms in total. The van der Waals surface area contributed by atoms with Crippen molar-refractivity contribution in [2.75, 3.05) is 7.11 Å². The third-order valence-corrected chi connectivity index (χ3v) is 2.39. The molecule has 0 fully saturated rings. The quantitative estimate of drug-likeness (QED) is 0.792. The predicted octanol–water partition coefficient (Wildman–Crippen LogP) is 0.469. The van der Waals surface area contributed by atoms with Gasteiger partial charge in [0.05, 0.1) is 7.11 Å². The Bertz CT molecular complexity index is 564. The van der Waals surface area contributed by atoms with Crippen molar-refractivity contribution in [3.8, 4) is 5.82 Å². The Morgan fingerprint density at radius 3 is 2.94 bits per heavy atom. The number of carbonyl (C=O) groups excluding carboxylic acids is 1. The van der Waals surface area contributed by atoms with E-state index < -0.39 is 5.97 Å². The van der Waals surface area contributed by atoms with Crippen molar-refractivity contribution in [2.45, 2.75) is 13.0 Å². The maximum Gasteiger partial charge on any atom is 0.377 e. The highest BCUT2D eigenvalue weighted by Crippen LogP contribution is 2.12. The standard InChI is InChI=1S/C11H13N5O2/c1-7(12)8-3-4-13-9(5-8)16-6-14-10(15-16)11(17)18-2/h3-7H,12H2,1-2H3/t7-/m0/s1. The highest BCUT2D eigenvalue weighted by atomic mass is 16.5. The van der Waals surface area contributed by atoms with Crippen molar-refractivity contribution in [3.63, 3.8) is 0 Å². The molecule has 94 valence electrons. The number of methoxy groups -OCH3 is 1. The highest BCUT2D eigenvalue weighted by molar-refractivity contribution is 5.84. The number of nitrogens with two attached hydrogens (primary N) is 1. The molecule has 0 saturated carbocycles. The van der Waals surface area contributed by atoms with Crippen molar-refractivity contribution < 1.29 is 9.53 Å². The first kappa shape index (κ1) is 12.2. The van der Waals surface area contributed by atoms with Crippen molar-refractivity contribution in [1.82, 2.24) is 19.7 Å². The minimum Gasteiger partial charge on any atom is -0.463 e. The molecule has 1 atom stereocenters. The number of ether oxygens (including phenoxy) is 1. The van der Waals surface area contributed by atoms with Gasteiger partial charge in [0.2, 0.25) is 0 Å². The fraction of sp³-hybridized carbons (Fsp3) is 0.273. The average molecular weight is 247 g/mol. The lowest BCUT2D eigenvalue weighted by molar-refractivity contribution is 0.0587. The summed E-state index contributed by atoms with van der Waals surface area (Å²) in [5.74, 6) is -0.0462. The summed E-state index contributed by atoms with van der Waals surface area (Å²) in [6, 6.07) is 3.52. The van der Waals surface area contributed by atoms with Crippen LogP contribution in [0.15, 0.2) is 24.7 Å². The van der Waals surface area contributed by atoms with Crippen LogP contribution in [0, 0.1) is 0 Å². The summed E-state index contributed by atoms with van der Waals surface area (Å²) in [5, 5.41) is 3.98. The second kappa shape index (κ2) is 4.92. The van der Waals surface area contributed by atoms with Crippen LogP contribution in [-0.4, -0.2) is 32.8 Å². The molecule has 2 aromatic rings. The molecular weight excluding hydrogens is 234 g/mol. The smallest absolute Gasteiger partial charge is 0.377 e. The first-order chi connectivity index (χ1) is 8.61. The number of carbonyl (C=O) groups is 1. The Kier molecular flexibility index (Phi) is 3.33. The van der Waals surface area contributed by atoms with Crippen LogP contribution in [0.4, 0.5) is 0 Å². The first-order valence-corrected chi connectivity index (χ1v) is 5.33. The molecule has 18 heavy (non-hydrogen) atoms. The summed E-state index contributed by atoms with van der Waals surface area (Å²) < 4.78 is 5.93. The van der Waals surface area contributed by atoms with Crippen LogP contribution in [0.25, 0.3) is 5.82 Å². The molecule has 0 bridgehead atoms. The Hall–Kier alpha value is -2.28. The molecule has 2 N–H and O–H groups in total. The highest BCUT2D eigenvalue weighted by Gasteiger charge is 2.12. The van der Waals surface area contributed by atoms with Crippen LogP contribution < -0.4 is 5.73 Å². The van der Waals surface area contributed by atoms with Gasteiger partial charge in [0.25, 0.3) is 5.82 Å². The zero-order chi connectivity index (χ0) is 13.1. The van der Waals surface area contributed by atoms with Gasteiger partial charge in [-0.3, -0.25) is 0 Å². The lowest BCUT2D eigenvalue weighted by Gasteiger charge is -2.06. The van der Waals surface area contributed by atoms with Crippen LogP contribution in [0.5, 0.6) is 0 Å². The third-order valence-electron chi connectivity index (χ3n) is 2.39. The Balaban J connectivity index is 2.34. The molecule has 2 heterocycles. The second-order valence-electron chi connectivity index (χ2n) is 3.74. The van der Waals surface area contributed by atoms with Crippen LogP contribution in [0.1, 0.15) is 29.1 Å². The normalized spacial score (nSPS) is 12.2. The van der Waals surface area contributed by atoms with E-state index in [9.17, 15) is 4.79 Å². The molecule has 0 saturated heterocycles. The van der Waals surface area contributed by atoms with Gasteiger partial charge in [0.1, 0.15) is 6.33 Å². The van der Waals surface area contributed by atoms with Gasteiger partial charge in [-0.05, 0) is 24.6 Å². The van der Waals surface area contributed by atoms with E-state index in [1.807, 2.05) is 13.0 Å². The first-order valence-electron chi connectivity index (χ1n) is 5.33. The molecule has 0 radical (unpaired) electrons. The molecule has 7 heteroatoms. The van der Waals surface area contributed by atoms with Crippen LogP contribution in [0.2, 0.25) is 0 Å². The predicted molar refractivity (Wildman–Crippen MR) is 63.1 cm³/mol. The fourth-order valence-electron chi connectivity index (χ4n) is 1.40. The Morgan fingerprint density at radius 2 is 2.28 bits per heavy atom. The molecule has 0 aliphatic carbocycles. The van der Waals surface area contributed by atoms with Gasteiger partial charge < -0.3 is 10.5 Å². The molecule has 0 amide bonds. The van der Waals surface area contributed by atoms with Gasteiger partial charge in [-0.25, -0.2) is 19.4 Å². The summed E-state index contributed by atoms with van der Waals surface area (Å²) in [7, 11) is 1.28.